The zero-order valence-corrected chi connectivity index (χ0v) is 18.3. The summed E-state index contributed by atoms with van der Waals surface area (Å²) in [4.78, 5) is 0. The van der Waals surface area contributed by atoms with Gasteiger partial charge >= 0.3 is 0 Å². The predicted molar refractivity (Wildman–Crippen MR) is 140 cm³/mol. The van der Waals surface area contributed by atoms with Gasteiger partial charge in [-0.05, 0) is 34.4 Å². The van der Waals surface area contributed by atoms with Gasteiger partial charge in [0.05, 0.1) is 11.4 Å². The van der Waals surface area contributed by atoms with Gasteiger partial charge in [-0.3, -0.25) is 0 Å². The van der Waals surface area contributed by atoms with Crippen LogP contribution in [0, 0.1) is 0 Å². The molecule has 0 radical (unpaired) electrons. The van der Waals surface area contributed by atoms with Crippen molar-refractivity contribution in [2.75, 3.05) is 0 Å². The fourth-order valence-electron chi connectivity index (χ4n) is 4.23. The van der Waals surface area contributed by atoms with Crippen molar-refractivity contribution in [2.45, 2.75) is 0 Å². The van der Waals surface area contributed by atoms with E-state index in [1.54, 1.807) is 0 Å². The number of fused-ring (bicyclic) bond motifs is 3. The Labute approximate surface area is 196 Å². The lowest BCUT2D eigenvalue weighted by molar-refractivity contribution is 1.20. The molecule has 6 aromatic rings. The molecule has 4 heteroatoms. The number of benzene rings is 6. The summed E-state index contributed by atoms with van der Waals surface area (Å²) in [5.41, 5.74) is 3.02. The monoisotopic (exact) mass is 436 g/mol. The zero-order valence-electron chi connectivity index (χ0n) is 18.3. The molecule has 6 rings (SSSR count). The first-order valence-corrected chi connectivity index (χ1v) is 11.2. The van der Waals surface area contributed by atoms with Gasteiger partial charge < -0.3 is 0 Å². The van der Waals surface area contributed by atoms with Crippen LogP contribution in [0.5, 0.6) is 0 Å². The molecule has 4 nitrogen and oxygen atoms in total. The van der Waals surface area contributed by atoms with Crippen LogP contribution in [0.25, 0.3) is 32.3 Å². The molecule has 0 amide bonds. The Balaban J connectivity index is 1.48. The van der Waals surface area contributed by atoms with Gasteiger partial charge in [-0.15, -0.1) is 20.5 Å². The van der Waals surface area contributed by atoms with Crippen LogP contribution in [0.3, 0.4) is 0 Å². The van der Waals surface area contributed by atoms with Gasteiger partial charge in [0.15, 0.2) is 0 Å². The molecule has 160 valence electrons. The summed E-state index contributed by atoms with van der Waals surface area (Å²) >= 11 is 0. The van der Waals surface area contributed by atoms with Crippen molar-refractivity contribution in [2.24, 2.45) is 20.5 Å². The van der Waals surface area contributed by atoms with Crippen LogP contribution >= 0.6 is 0 Å². The molecular formula is C30H20N4. The highest BCUT2D eigenvalue weighted by Crippen LogP contribution is 2.39. The maximum Gasteiger partial charge on any atom is 0.121 e. The predicted octanol–water partition coefficient (Wildman–Crippen LogP) is 9.98. The Hall–Kier alpha value is -4.70. The molecule has 0 fully saturated rings. The second kappa shape index (κ2) is 8.68. The molecule has 0 bridgehead atoms. The molecule has 0 heterocycles. The van der Waals surface area contributed by atoms with Crippen molar-refractivity contribution in [3.05, 3.63) is 121 Å². The minimum atomic E-state index is 0.677. The fraction of sp³-hybridized carbons (Fsp3) is 0. The number of azo groups is 2. The Morgan fingerprint density at radius 2 is 0.735 bits per heavy atom. The molecule has 34 heavy (non-hydrogen) atoms. The molecule has 0 aliphatic heterocycles. The maximum atomic E-state index is 4.70. The highest BCUT2D eigenvalue weighted by Gasteiger charge is 2.08. The number of rotatable bonds is 4. The molecular weight excluding hydrogens is 416 g/mol. The normalized spacial score (nSPS) is 11.9. The summed E-state index contributed by atoms with van der Waals surface area (Å²) in [5.74, 6) is 0. The van der Waals surface area contributed by atoms with Gasteiger partial charge in [0.1, 0.15) is 11.4 Å². The molecule has 0 aliphatic rings. The smallest absolute Gasteiger partial charge is 0.121 e. The summed E-state index contributed by atoms with van der Waals surface area (Å²) in [6.07, 6.45) is 0. The van der Waals surface area contributed by atoms with Crippen LogP contribution in [-0.2, 0) is 0 Å². The van der Waals surface area contributed by atoms with Gasteiger partial charge in [-0.2, -0.15) is 0 Å². The number of nitrogens with zero attached hydrogens (tertiary/aromatic N) is 4. The zero-order chi connectivity index (χ0) is 22.7. The van der Waals surface area contributed by atoms with E-state index < -0.39 is 0 Å². The number of hydrogen-bond acceptors (Lipinski definition) is 4. The van der Waals surface area contributed by atoms with Crippen LogP contribution in [0.15, 0.2) is 142 Å². The first-order chi connectivity index (χ1) is 16.9. The van der Waals surface area contributed by atoms with E-state index in [0.717, 1.165) is 43.7 Å². The van der Waals surface area contributed by atoms with Crippen LogP contribution in [0.1, 0.15) is 0 Å². The lowest BCUT2D eigenvalue weighted by Crippen LogP contribution is -1.76. The SMILES string of the molecule is c1ccc2c(N=Nc3ccc4ccccc4c3N=Nc3cccc4ccccc34)cccc2c1. The standard InChI is InChI=1S/C30H20N4/c1-4-14-24-21(9-1)12-7-17-27(24)31-33-29-20-19-23-11-3-6-16-26(23)30(29)34-32-28-18-8-13-22-10-2-5-15-25(22)28/h1-20H. The van der Waals surface area contributed by atoms with E-state index in [-0.39, 0.29) is 0 Å². The average molecular weight is 437 g/mol. The summed E-state index contributed by atoms with van der Waals surface area (Å²) in [5, 5.41) is 25.0. The highest BCUT2D eigenvalue weighted by atomic mass is 15.2. The third-order valence-corrected chi connectivity index (χ3v) is 5.94. The van der Waals surface area contributed by atoms with E-state index in [1.807, 2.05) is 78.9 Å². The van der Waals surface area contributed by atoms with Crippen molar-refractivity contribution < 1.29 is 0 Å². The molecule has 0 saturated carbocycles. The van der Waals surface area contributed by atoms with E-state index in [4.69, 9.17) is 5.11 Å². The van der Waals surface area contributed by atoms with Crippen molar-refractivity contribution in [3.8, 4) is 0 Å². The van der Waals surface area contributed by atoms with Gasteiger partial charge in [0, 0.05) is 16.2 Å². The molecule has 0 aromatic heterocycles. The summed E-state index contributed by atoms with van der Waals surface area (Å²) < 4.78 is 0. The molecule has 0 spiro atoms. The highest BCUT2D eigenvalue weighted by molar-refractivity contribution is 5.98. The van der Waals surface area contributed by atoms with E-state index in [9.17, 15) is 0 Å². The van der Waals surface area contributed by atoms with Gasteiger partial charge in [-0.1, -0.05) is 103 Å². The van der Waals surface area contributed by atoms with Crippen LogP contribution in [-0.4, -0.2) is 0 Å². The minimum Gasteiger partial charge on any atom is -0.150 e. The molecule has 0 aliphatic carbocycles. The molecule has 0 saturated heterocycles. The van der Waals surface area contributed by atoms with Crippen molar-refractivity contribution in [1.82, 2.24) is 0 Å². The van der Waals surface area contributed by atoms with Crippen LogP contribution < -0.4 is 0 Å². The van der Waals surface area contributed by atoms with Crippen molar-refractivity contribution >= 4 is 55.1 Å². The van der Waals surface area contributed by atoms with Crippen LogP contribution in [0.4, 0.5) is 22.7 Å². The Kier molecular flexibility index (Phi) is 5.09. The lowest BCUT2D eigenvalue weighted by atomic mass is 10.1. The molecule has 6 aromatic carbocycles. The third kappa shape index (κ3) is 3.71. The average Bonchev–Trinajstić information content (AvgIpc) is 2.90. The quantitative estimate of drug-likeness (QED) is 0.247. The Bertz CT molecular complexity index is 1710. The van der Waals surface area contributed by atoms with Gasteiger partial charge in [0.25, 0.3) is 0 Å². The largest absolute Gasteiger partial charge is 0.150 e. The lowest BCUT2D eigenvalue weighted by Gasteiger charge is -2.06. The summed E-state index contributed by atoms with van der Waals surface area (Å²) in [6.45, 7) is 0. The summed E-state index contributed by atoms with van der Waals surface area (Å²) in [6, 6.07) is 40.6. The Morgan fingerprint density at radius 1 is 0.294 bits per heavy atom. The van der Waals surface area contributed by atoms with E-state index in [2.05, 4.69) is 57.8 Å². The first-order valence-electron chi connectivity index (χ1n) is 11.2. The molecule has 0 atom stereocenters. The van der Waals surface area contributed by atoms with Crippen molar-refractivity contribution in [3.63, 3.8) is 0 Å². The van der Waals surface area contributed by atoms with E-state index in [1.165, 1.54) is 0 Å². The Morgan fingerprint density at radius 3 is 1.35 bits per heavy atom. The molecule has 0 unspecified atom stereocenters. The van der Waals surface area contributed by atoms with Gasteiger partial charge in [-0.25, -0.2) is 0 Å². The van der Waals surface area contributed by atoms with Crippen LogP contribution in [0.2, 0.25) is 0 Å². The van der Waals surface area contributed by atoms with Crippen molar-refractivity contribution in [1.29, 1.82) is 0 Å². The second-order valence-corrected chi connectivity index (χ2v) is 8.05. The van der Waals surface area contributed by atoms with Gasteiger partial charge in [0.2, 0.25) is 0 Å². The summed E-state index contributed by atoms with van der Waals surface area (Å²) in [7, 11) is 0. The topological polar surface area (TPSA) is 49.4 Å². The second-order valence-electron chi connectivity index (χ2n) is 8.05. The third-order valence-electron chi connectivity index (χ3n) is 5.94. The van der Waals surface area contributed by atoms with E-state index in [0.29, 0.717) is 11.4 Å². The maximum absolute atomic E-state index is 4.70. The fourth-order valence-corrected chi connectivity index (χ4v) is 4.23. The first kappa shape index (κ1) is 19.9. The van der Waals surface area contributed by atoms with E-state index >= 15 is 0 Å². The minimum absolute atomic E-state index is 0.677. The number of hydrogen-bond donors (Lipinski definition) is 0. The molecule has 0 N–H and O–H groups in total.